The van der Waals surface area contributed by atoms with Gasteiger partial charge in [0.25, 0.3) is 0 Å². The predicted molar refractivity (Wildman–Crippen MR) is 92.8 cm³/mol. The molecule has 1 N–H and O–H groups in total. The Balaban J connectivity index is 1.66. The number of likely N-dealkylation sites (tertiary alicyclic amines) is 1. The van der Waals surface area contributed by atoms with Gasteiger partial charge in [0.2, 0.25) is 0 Å². The normalized spacial score (nSPS) is 18.2. The van der Waals surface area contributed by atoms with Crippen molar-refractivity contribution < 1.29 is 4.79 Å². The van der Waals surface area contributed by atoms with Crippen LogP contribution in [0.25, 0.3) is 0 Å². The summed E-state index contributed by atoms with van der Waals surface area (Å²) < 4.78 is 1.85. The molecule has 0 aliphatic carbocycles. The van der Waals surface area contributed by atoms with E-state index in [4.69, 9.17) is 0 Å². The lowest BCUT2D eigenvalue weighted by molar-refractivity contribution is 0.191. The van der Waals surface area contributed by atoms with Gasteiger partial charge in [-0.15, -0.1) is 11.3 Å². The lowest BCUT2D eigenvalue weighted by atomic mass is 10.1. The summed E-state index contributed by atoms with van der Waals surface area (Å²) in [5.41, 5.74) is 0.841. The zero-order chi connectivity index (χ0) is 17.3. The molecule has 1 aliphatic rings. The first kappa shape index (κ1) is 16.9. The summed E-state index contributed by atoms with van der Waals surface area (Å²) in [4.78, 5) is 23.3. The number of hydrogen-bond donors (Lipinski definition) is 1. The molecule has 0 saturated carbocycles. The van der Waals surface area contributed by atoms with Gasteiger partial charge in [-0.05, 0) is 40.5 Å². The largest absolute Gasteiger partial charge is 0.331 e. The average Bonchev–Trinajstić information content (AvgIpc) is 3.23. The summed E-state index contributed by atoms with van der Waals surface area (Å²) >= 11 is 1.63. The summed E-state index contributed by atoms with van der Waals surface area (Å²) in [6.07, 6.45) is 3.51. The van der Waals surface area contributed by atoms with E-state index < -0.39 is 0 Å². The third-order valence-corrected chi connectivity index (χ3v) is 4.94. The Bertz CT molecular complexity index is 716. The van der Waals surface area contributed by atoms with Crippen molar-refractivity contribution in [3.8, 4) is 0 Å². The van der Waals surface area contributed by atoms with Gasteiger partial charge in [-0.25, -0.2) is 19.4 Å². The molecule has 8 heteroatoms. The van der Waals surface area contributed by atoms with Crippen molar-refractivity contribution in [2.24, 2.45) is 0 Å². The molecule has 0 bridgehead atoms. The van der Waals surface area contributed by atoms with Crippen LogP contribution in [0.1, 0.15) is 56.2 Å². The van der Waals surface area contributed by atoms with E-state index in [1.807, 2.05) is 16.5 Å². The van der Waals surface area contributed by atoms with Gasteiger partial charge in [-0.3, -0.25) is 0 Å². The first-order chi connectivity index (χ1) is 11.4. The zero-order valence-electron chi connectivity index (χ0n) is 14.6. The van der Waals surface area contributed by atoms with E-state index in [9.17, 15) is 4.79 Å². The van der Waals surface area contributed by atoms with E-state index in [2.05, 4.69) is 46.5 Å². The maximum atomic E-state index is 12.6. The van der Waals surface area contributed by atoms with Crippen molar-refractivity contribution in [2.45, 2.75) is 58.7 Å². The molecule has 2 amide bonds. The Hall–Kier alpha value is -1.96. The van der Waals surface area contributed by atoms with Crippen LogP contribution in [0.2, 0.25) is 0 Å². The molecular formula is C16H24N6OS. The number of thiazole rings is 1. The van der Waals surface area contributed by atoms with E-state index in [-0.39, 0.29) is 17.6 Å². The molecule has 1 atom stereocenters. The van der Waals surface area contributed by atoms with Gasteiger partial charge in [-0.1, -0.05) is 0 Å². The van der Waals surface area contributed by atoms with Gasteiger partial charge in [0.05, 0.1) is 28.8 Å². The second kappa shape index (κ2) is 6.51. The molecule has 2 aromatic rings. The fourth-order valence-electron chi connectivity index (χ4n) is 3.05. The van der Waals surface area contributed by atoms with Gasteiger partial charge >= 0.3 is 6.03 Å². The van der Waals surface area contributed by atoms with Crippen molar-refractivity contribution in [2.75, 3.05) is 6.54 Å². The van der Waals surface area contributed by atoms with Crippen LogP contribution < -0.4 is 5.32 Å². The number of carbonyl (C=O) groups excluding carboxylic acids is 1. The summed E-state index contributed by atoms with van der Waals surface area (Å²) in [7, 11) is 0. The van der Waals surface area contributed by atoms with E-state index in [0.717, 1.165) is 35.9 Å². The van der Waals surface area contributed by atoms with Crippen LogP contribution >= 0.6 is 11.3 Å². The number of aryl methyl sites for hydroxylation is 1. The number of aromatic nitrogens is 4. The Morgan fingerprint density at radius 2 is 2.25 bits per heavy atom. The van der Waals surface area contributed by atoms with Crippen LogP contribution in [0.3, 0.4) is 0 Å². The number of carbonyl (C=O) groups is 1. The van der Waals surface area contributed by atoms with E-state index in [1.165, 1.54) is 6.33 Å². The molecule has 0 radical (unpaired) electrons. The molecule has 130 valence electrons. The van der Waals surface area contributed by atoms with Crippen LogP contribution in [-0.2, 0) is 12.1 Å². The Labute approximate surface area is 146 Å². The Kier molecular flexibility index (Phi) is 4.58. The third kappa shape index (κ3) is 3.43. The second-order valence-corrected chi connectivity index (χ2v) is 8.12. The Morgan fingerprint density at radius 1 is 1.46 bits per heavy atom. The first-order valence-electron chi connectivity index (χ1n) is 8.22. The van der Waals surface area contributed by atoms with Crippen molar-refractivity contribution in [1.82, 2.24) is 30.0 Å². The summed E-state index contributed by atoms with van der Waals surface area (Å²) in [5.74, 6) is 0.760. The Morgan fingerprint density at radius 3 is 2.92 bits per heavy atom. The number of amides is 2. The van der Waals surface area contributed by atoms with Crippen molar-refractivity contribution in [3.63, 3.8) is 0 Å². The lowest BCUT2D eigenvalue weighted by Gasteiger charge is -2.25. The second-order valence-electron chi connectivity index (χ2n) is 7.06. The maximum absolute atomic E-state index is 12.6. The predicted octanol–water partition coefficient (Wildman–Crippen LogP) is 2.84. The summed E-state index contributed by atoms with van der Waals surface area (Å²) in [5, 5.41) is 10.3. The highest BCUT2D eigenvalue weighted by Crippen LogP contribution is 2.32. The van der Waals surface area contributed by atoms with E-state index >= 15 is 0 Å². The molecule has 7 nitrogen and oxygen atoms in total. The number of urea groups is 1. The zero-order valence-corrected chi connectivity index (χ0v) is 15.4. The maximum Gasteiger partial charge on any atom is 0.318 e. The summed E-state index contributed by atoms with van der Waals surface area (Å²) in [6, 6.07) is 0.0158. The quantitative estimate of drug-likeness (QED) is 0.925. The molecule has 24 heavy (non-hydrogen) atoms. The van der Waals surface area contributed by atoms with Crippen molar-refractivity contribution >= 4 is 17.4 Å². The van der Waals surface area contributed by atoms with Gasteiger partial charge in [-0.2, -0.15) is 5.10 Å². The first-order valence-corrected chi connectivity index (χ1v) is 9.10. The SMILES string of the molecule is Cc1nc(C2CCCN2C(=O)NCc2ncnn2C(C)(C)C)cs1. The monoisotopic (exact) mass is 348 g/mol. The van der Waals surface area contributed by atoms with Crippen LogP contribution in [0, 0.1) is 6.92 Å². The standard InChI is InChI=1S/C16H24N6OS/c1-11-20-12(9-24-11)13-6-5-7-21(13)15(23)17-8-14-18-10-19-22(14)16(2,3)4/h9-10,13H,5-8H2,1-4H3,(H,17,23). The average molecular weight is 348 g/mol. The van der Waals surface area contributed by atoms with E-state index in [1.54, 1.807) is 11.3 Å². The van der Waals surface area contributed by atoms with Gasteiger partial charge in [0, 0.05) is 11.9 Å². The number of rotatable bonds is 3. The minimum atomic E-state index is -0.162. The fourth-order valence-corrected chi connectivity index (χ4v) is 3.71. The summed E-state index contributed by atoms with van der Waals surface area (Å²) in [6.45, 7) is 9.32. The van der Waals surface area contributed by atoms with Crippen LogP contribution in [0.5, 0.6) is 0 Å². The fraction of sp³-hybridized carbons (Fsp3) is 0.625. The number of nitrogens with one attached hydrogen (secondary N) is 1. The van der Waals surface area contributed by atoms with Gasteiger partial charge in [0.15, 0.2) is 0 Å². The smallest absolute Gasteiger partial charge is 0.318 e. The molecule has 3 heterocycles. The highest BCUT2D eigenvalue weighted by atomic mass is 32.1. The molecule has 1 unspecified atom stereocenters. The molecule has 3 rings (SSSR count). The highest BCUT2D eigenvalue weighted by Gasteiger charge is 2.31. The highest BCUT2D eigenvalue weighted by molar-refractivity contribution is 7.09. The van der Waals surface area contributed by atoms with Gasteiger partial charge in [0.1, 0.15) is 12.2 Å². The third-order valence-electron chi connectivity index (χ3n) is 4.14. The minimum Gasteiger partial charge on any atom is -0.331 e. The van der Waals surface area contributed by atoms with Crippen LogP contribution in [-0.4, -0.2) is 37.2 Å². The van der Waals surface area contributed by atoms with E-state index in [0.29, 0.717) is 6.54 Å². The van der Waals surface area contributed by atoms with Crippen LogP contribution in [0.15, 0.2) is 11.7 Å². The molecule has 1 aliphatic heterocycles. The van der Waals surface area contributed by atoms with Crippen molar-refractivity contribution in [1.29, 1.82) is 0 Å². The topological polar surface area (TPSA) is 75.9 Å². The minimum absolute atomic E-state index is 0.0633. The molecule has 1 fully saturated rings. The molecule has 1 saturated heterocycles. The number of hydrogen-bond acceptors (Lipinski definition) is 5. The van der Waals surface area contributed by atoms with Crippen LogP contribution in [0.4, 0.5) is 4.79 Å². The lowest BCUT2D eigenvalue weighted by Crippen LogP contribution is -2.40. The molecule has 2 aromatic heterocycles. The molecule has 0 aromatic carbocycles. The number of nitrogens with zero attached hydrogens (tertiary/aromatic N) is 5. The van der Waals surface area contributed by atoms with Crippen molar-refractivity contribution in [3.05, 3.63) is 28.2 Å². The van der Waals surface area contributed by atoms with Gasteiger partial charge < -0.3 is 10.2 Å². The molecular weight excluding hydrogens is 324 g/mol. The molecule has 0 spiro atoms.